The fourth-order valence-electron chi connectivity index (χ4n) is 1.73. The molecule has 0 aliphatic heterocycles. The molecular formula is C13H16Cl2N2O3. The number of non-ortho nitro benzene ring substituents is 1. The Morgan fingerprint density at radius 1 is 1.45 bits per heavy atom. The van der Waals surface area contributed by atoms with E-state index in [2.05, 4.69) is 12.2 Å². The molecule has 0 saturated heterocycles. The highest BCUT2D eigenvalue weighted by Crippen LogP contribution is 2.30. The maximum atomic E-state index is 12.1. The van der Waals surface area contributed by atoms with Crippen molar-refractivity contribution >= 4 is 34.8 Å². The number of benzene rings is 1. The second kappa shape index (κ2) is 7.45. The smallest absolute Gasteiger partial charge is 0.271 e. The highest BCUT2D eigenvalue weighted by molar-refractivity contribution is 6.44. The third-order valence-corrected chi connectivity index (χ3v) is 3.64. The number of nitro benzene ring substituents is 1. The number of amides is 1. The lowest BCUT2D eigenvalue weighted by atomic mass is 10.1. The van der Waals surface area contributed by atoms with Gasteiger partial charge in [0.05, 0.1) is 20.5 Å². The van der Waals surface area contributed by atoms with Crippen LogP contribution >= 0.6 is 23.2 Å². The van der Waals surface area contributed by atoms with Gasteiger partial charge in [0, 0.05) is 18.2 Å². The molecule has 5 nitrogen and oxygen atoms in total. The Hall–Kier alpha value is -1.33. The summed E-state index contributed by atoms with van der Waals surface area (Å²) in [7, 11) is 0. The van der Waals surface area contributed by atoms with Crippen molar-refractivity contribution in [2.75, 3.05) is 0 Å². The first-order chi connectivity index (χ1) is 9.36. The van der Waals surface area contributed by atoms with Crippen LogP contribution in [0.3, 0.4) is 0 Å². The van der Waals surface area contributed by atoms with Gasteiger partial charge in [-0.2, -0.15) is 0 Å². The molecule has 1 rings (SSSR count). The van der Waals surface area contributed by atoms with Gasteiger partial charge >= 0.3 is 0 Å². The van der Waals surface area contributed by atoms with Crippen molar-refractivity contribution in [3.05, 3.63) is 37.9 Å². The summed E-state index contributed by atoms with van der Waals surface area (Å²) in [6.45, 7) is 3.94. The van der Waals surface area contributed by atoms with Crippen molar-refractivity contribution in [3.8, 4) is 0 Å². The third kappa shape index (κ3) is 4.35. The maximum absolute atomic E-state index is 12.1. The summed E-state index contributed by atoms with van der Waals surface area (Å²) in [5.74, 6) is -0.454. The molecule has 1 atom stereocenters. The Balaban J connectivity index is 2.94. The lowest BCUT2D eigenvalue weighted by Crippen LogP contribution is -2.32. The van der Waals surface area contributed by atoms with Crippen molar-refractivity contribution in [3.63, 3.8) is 0 Å². The molecule has 1 aromatic rings. The second-order valence-electron chi connectivity index (χ2n) is 4.56. The van der Waals surface area contributed by atoms with E-state index in [0.717, 1.165) is 31.4 Å². The zero-order valence-corrected chi connectivity index (χ0v) is 12.8. The van der Waals surface area contributed by atoms with Gasteiger partial charge in [0.25, 0.3) is 11.6 Å². The van der Waals surface area contributed by atoms with Crippen LogP contribution in [0, 0.1) is 10.1 Å². The Morgan fingerprint density at radius 2 is 2.10 bits per heavy atom. The van der Waals surface area contributed by atoms with E-state index in [-0.39, 0.29) is 27.3 Å². The molecule has 0 spiro atoms. The van der Waals surface area contributed by atoms with Gasteiger partial charge in [0.2, 0.25) is 0 Å². The highest BCUT2D eigenvalue weighted by atomic mass is 35.5. The summed E-state index contributed by atoms with van der Waals surface area (Å²) in [4.78, 5) is 22.3. The normalized spacial score (nSPS) is 12.0. The molecule has 1 aromatic carbocycles. The summed E-state index contributed by atoms with van der Waals surface area (Å²) in [6.07, 6.45) is 2.86. The van der Waals surface area contributed by atoms with Gasteiger partial charge in [-0.25, -0.2) is 0 Å². The standard InChI is InChI=1S/C13H16Cl2N2O3/c1-3-4-5-8(2)16-13(18)10-6-9(17(19)20)7-11(14)12(10)15/h6-8H,3-5H2,1-2H3,(H,16,18). The Bertz CT molecular complexity index is 521. The van der Waals surface area contributed by atoms with Gasteiger partial charge in [-0.05, 0) is 13.3 Å². The first-order valence-electron chi connectivity index (χ1n) is 6.31. The minimum Gasteiger partial charge on any atom is -0.350 e. The van der Waals surface area contributed by atoms with Crippen LogP contribution in [-0.4, -0.2) is 16.9 Å². The van der Waals surface area contributed by atoms with Gasteiger partial charge in [-0.15, -0.1) is 0 Å². The van der Waals surface area contributed by atoms with Crippen molar-refractivity contribution < 1.29 is 9.72 Å². The number of hydrogen-bond acceptors (Lipinski definition) is 3. The maximum Gasteiger partial charge on any atom is 0.271 e. The van der Waals surface area contributed by atoms with E-state index in [1.807, 2.05) is 6.92 Å². The molecule has 7 heteroatoms. The van der Waals surface area contributed by atoms with Crippen molar-refractivity contribution in [1.82, 2.24) is 5.32 Å². The highest BCUT2D eigenvalue weighted by Gasteiger charge is 2.20. The number of carbonyl (C=O) groups excluding carboxylic acids is 1. The molecule has 0 bridgehead atoms. The number of nitro groups is 1. The molecule has 20 heavy (non-hydrogen) atoms. The van der Waals surface area contributed by atoms with E-state index in [0.29, 0.717) is 0 Å². The molecule has 1 N–H and O–H groups in total. The number of rotatable bonds is 6. The molecule has 1 amide bonds. The van der Waals surface area contributed by atoms with Crippen molar-refractivity contribution in [2.24, 2.45) is 0 Å². The number of nitrogens with one attached hydrogen (secondary N) is 1. The van der Waals surface area contributed by atoms with E-state index < -0.39 is 10.8 Å². The fourth-order valence-corrected chi connectivity index (χ4v) is 2.14. The number of carbonyl (C=O) groups is 1. The van der Waals surface area contributed by atoms with Crippen LogP contribution in [0.1, 0.15) is 43.5 Å². The second-order valence-corrected chi connectivity index (χ2v) is 5.35. The number of nitrogens with zero attached hydrogens (tertiary/aromatic N) is 1. The van der Waals surface area contributed by atoms with E-state index in [4.69, 9.17) is 23.2 Å². The van der Waals surface area contributed by atoms with Crippen molar-refractivity contribution in [1.29, 1.82) is 0 Å². The average Bonchev–Trinajstić information content (AvgIpc) is 2.38. The lowest BCUT2D eigenvalue weighted by molar-refractivity contribution is -0.384. The number of halogens is 2. The van der Waals surface area contributed by atoms with Gasteiger partial charge in [-0.3, -0.25) is 14.9 Å². The van der Waals surface area contributed by atoms with E-state index in [9.17, 15) is 14.9 Å². The minimum absolute atomic E-state index is 0.00720. The van der Waals surface area contributed by atoms with Crippen LogP contribution in [-0.2, 0) is 0 Å². The Labute approximate surface area is 127 Å². The number of unbranched alkanes of at least 4 members (excludes halogenated alkanes) is 1. The molecular weight excluding hydrogens is 303 g/mol. The number of hydrogen-bond donors (Lipinski definition) is 1. The summed E-state index contributed by atoms with van der Waals surface area (Å²) >= 11 is 11.7. The molecule has 110 valence electrons. The predicted octanol–water partition coefficient (Wildman–Crippen LogP) is 4.21. The van der Waals surface area contributed by atoms with E-state index >= 15 is 0 Å². The molecule has 0 aliphatic carbocycles. The topological polar surface area (TPSA) is 72.2 Å². The van der Waals surface area contributed by atoms with Gasteiger partial charge < -0.3 is 5.32 Å². The SMILES string of the molecule is CCCCC(C)NC(=O)c1cc([N+](=O)[O-])cc(Cl)c1Cl. The lowest BCUT2D eigenvalue weighted by Gasteiger charge is -2.14. The van der Waals surface area contributed by atoms with Crippen LogP contribution in [0.5, 0.6) is 0 Å². The first-order valence-corrected chi connectivity index (χ1v) is 7.06. The largest absolute Gasteiger partial charge is 0.350 e. The van der Waals surface area contributed by atoms with E-state index in [1.165, 1.54) is 0 Å². The molecule has 0 fully saturated rings. The summed E-state index contributed by atoms with van der Waals surface area (Å²) in [5, 5.41) is 13.6. The van der Waals surface area contributed by atoms with Crippen LogP contribution in [0.2, 0.25) is 10.0 Å². The summed E-state index contributed by atoms with van der Waals surface area (Å²) in [5.41, 5.74) is -0.236. The molecule has 0 aromatic heterocycles. The summed E-state index contributed by atoms with van der Waals surface area (Å²) < 4.78 is 0. The Morgan fingerprint density at radius 3 is 2.65 bits per heavy atom. The Kier molecular flexibility index (Phi) is 6.23. The first kappa shape index (κ1) is 16.7. The fraction of sp³-hybridized carbons (Fsp3) is 0.462. The third-order valence-electron chi connectivity index (χ3n) is 2.84. The predicted molar refractivity (Wildman–Crippen MR) is 79.6 cm³/mol. The monoisotopic (exact) mass is 318 g/mol. The van der Waals surface area contributed by atoms with Gasteiger partial charge in [0.15, 0.2) is 0 Å². The van der Waals surface area contributed by atoms with Crippen LogP contribution < -0.4 is 5.32 Å². The zero-order valence-electron chi connectivity index (χ0n) is 11.3. The quantitative estimate of drug-likeness (QED) is 0.630. The van der Waals surface area contributed by atoms with Gasteiger partial charge in [-0.1, -0.05) is 43.0 Å². The molecule has 0 saturated carbocycles. The van der Waals surface area contributed by atoms with Crippen molar-refractivity contribution in [2.45, 2.75) is 39.2 Å². The zero-order chi connectivity index (χ0) is 15.3. The molecule has 0 aliphatic rings. The van der Waals surface area contributed by atoms with Crippen LogP contribution in [0.4, 0.5) is 5.69 Å². The van der Waals surface area contributed by atoms with E-state index in [1.54, 1.807) is 0 Å². The molecule has 0 heterocycles. The average molecular weight is 319 g/mol. The summed E-state index contributed by atoms with van der Waals surface area (Å²) in [6, 6.07) is 2.23. The van der Waals surface area contributed by atoms with Crippen LogP contribution in [0.15, 0.2) is 12.1 Å². The molecule has 1 unspecified atom stereocenters. The van der Waals surface area contributed by atoms with Gasteiger partial charge in [0.1, 0.15) is 0 Å². The molecule has 0 radical (unpaired) electrons. The van der Waals surface area contributed by atoms with Crippen LogP contribution in [0.25, 0.3) is 0 Å². The minimum atomic E-state index is -0.612.